The van der Waals surface area contributed by atoms with Crippen molar-refractivity contribution in [3.8, 4) is 0 Å². The van der Waals surface area contributed by atoms with Crippen LogP contribution in [0.5, 0.6) is 0 Å². The van der Waals surface area contributed by atoms with Crippen molar-refractivity contribution in [3.63, 3.8) is 0 Å². The molecule has 0 saturated carbocycles. The molecule has 1 unspecified atom stereocenters. The highest BCUT2D eigenvalue weighted by atomic mass is 15.0. The zero-order valence-corrected chi connectivity index (χ0v) is 15.8. The number of aromatic nitrogens is 2. The van der Waals surface area contributed by atoms with Crippen molar-refractivity contribution >= 4 is 11.5 Å². The number of pyridine rings is 2. The lowest BCUT2D eigenvalue weighted by Crippen LogP contribution is -2.43. The third kappa shape index (κ3) is 2.74. The van der Waals surface area contributed by atoms with Crippen molar-refractivity contribution < 1.29 is 0 Å². The molecule has 1 fully saturated rings. The Morgan fingerprint density at radius 3 is 2.57 bits per heavy atom. The van der Waals surface area contributed by atoms with Crippen LogP contribution in [0.1, 0.15) is 41.6 Å². The van der Waals surface area contributed by atoms with Crippen LogP contribution in [0, 0.1) is 0 Å². The van der Waals surface area contributed by atoms with Gasteiger partial charge in [0.25, 0.3) is 0 Å². The average molecular weight is 371 g/mol. The quantitative estimate of drug-likeness (QED) is 0.655. The number of fused-ring (bicyclic) bond motifs is 2. The van der Waals surface area contributed by atoms with E-state index in [1.807, 2.05) is 42.7 Å². The van der Waals surface area contributed by atoms with E-state index < -0.39 is 0 Å². The fourth-order valence-corrected chi connectivity index (χ4v) is 5.20. The summed E-state index contributed by atoms with van der Waals surface area (Å²) in [5.41, 5.74) is 10.8. The standard InChI is InChI=1S/C23H25N5/c24-16-8-12-26-19(15-16)21-22(28-20-7-3-4-11-27-20)17-5-1-2-6-18(17)23(21)9-13-25-14-10-23/h1-8,11-12,15,21-22,25H,9-10,13-14H2,(H2,24,26)(H,27,28)/t21?,22-/m0/s1. The van der Waals surface area contributed by atoms with E-state index in [1.54, 1.807) is 0 Å². The summed E-state index contributed by atoms with van der Waals surface area (Å²) in [4.78, 5) is 9.31. The summed E-state index contributed by atoms with van der Waals surface area (Å²) in [6.07, 6.45) is 5.84. The summed E-state index contributed by atoms with van der Waals surface area (Å²) < 4.78 is 0. The summed E-state index contributed by atoms with van der Waals surface area (Å²) in [5, 5.41) is 7.26. The molecule has 1 saturated heterocycles. The van der Waals surface area contributed by atoms with Gasteiger partial charge >= 0.3 is 0 Å². The highest BCUT2D eigenvalue weighted by molar-refractivity contribution is 5.54. The normalized spacial score (nSPS) is 22.7. The highest BCUT2D eigenvalue weighted by Crippen LogP contribution is 2.59. The first kappa shape index (κ1) is 17.2. The van der Waals surface area contributed by atoms with E-state index in [1.165, 1.54) is 11.1 Å². The van der Waals surface area contributed by atoms with Crippen LogP contribution in [0.3, 0.4) is 0 Å². The maximum Gasteiger partial charge on any atom is 0.126 e. The number of benzene rings is 1. The maximum atomic E-state index is 6.16. The SMILES string of the molecule is Nc1ccnc(C2[C@@H](Nc3ccccn3)c3ccccc3C23CCNCC3)c1. The molecule has 142 valence electrons. The second-order valence-corrected chi connectivity index (χ2v) is 7.82. The third-order valence-corrected chi connectivity index (χ3v) is 6.35. The van der Waals surface area contributed by atoms with Gasteiger partial charge < -0.3 is 16.4 Å². The van der Waals surface area contributed by atoms with Crippen LogP contribution in [0.4, 0.5) is 11.5 Å². The Kier molecular flexibility index (Phi) is 4.24. The first-order chi connectivity index (χ1) is 13.8. The number of anilines is 2. The Hall–Kier alpha value is -2.92. The van der Waals surface area contributed by atoms with Gasteiger partial charge in [-0.05, 0) is 61.3 Å². The molecule has 5 heteroatoms. The minimum Gasteiger partial charge on any atom is -0.399 e. The molecule has 2 atom stereocenters. The monoisotopic (exact) mass is 371 g/mol. The Labute approximate surface area is 165 Å². The van der Waals surface area contributed by atoms with E-state index >= 15 is 0 Å². The smallest absolute Gasteiger partial charge is 0.126 e. The largest absolute Gasteiger partial charge is 0.399 e. The lowest BCUT2D eigenvalue weighted by molar-refractivity contribution is 0.257. The number of hydrogen-bond acceptors (Lipinski definition) is 5. The fraction of sp³-hybridized carbons (Fsp3) is 0.304. The van der Waals surface area contributed by atoms with E-state index in [9.17, 15) is 0 Å². The lowest BCUT2D eigenvalue weighted by atomic mass is 9.66. The number of nitrogens with one attached hydrogen (secondary N) is 2. The molecule has 1 aliphatic carbocycles. The molecule has 0 radical (unpaired) electrons. The summed E-state index contributed by atoms with van der Waals surface area (Å²) >= 11 is 0. The van der Waals surface area contributed by atoms with E-state index in [0.29, 0.717) is 0 Å². The molecular formula is C23H25N5. The van der Waals surface area contributed by atoms with E-state index in [4.69, 9.17) is 10.7 Å². The van der Waals surface area contributed by atoms with Crippen LogP contribution in [0.15, 0.2) is 67.0 Å². The van der Waals surface area contributed by atoms with Gasteiger partial charge in [0.15, 0.2) is 0 Å². The Balaban J connectivity index is 1.68. The van der Waals surface area contributed by atoms with Crippen molar-refractivity contribution in [2.24, 2.45) is 0 Å². The number of hydrogen-bond donors (Lipinski definition) is 3. The van der Waals surface area contributed by atoms with E-state index in [-0.39, 0.29) is 17.4 Å². The molecule has 1 aromatic carbocycles. The summed E-state index contributed by atoms with van der Waals surface area (Å²) in [7, 11) is 0. The average Bonchev–Trinajstić information content (AvgIpc) is 2.99. The summed E-state index contributed by atoms with van der Waals surface area (Å²) in [6, 6.07) is 18.9. The van der Waals surface area contributed by atoms with Gasteiger partial charge in [-0.2, -0.15) is 0 Å². The molecule has 3 aromatic rings. The lowest BCUT2D eigenvalue weighted by Gasteiger charge is -2.41. The molecule has 3 heterocycles. The van der Waals surface area contributed by atoms with Crippen LogP contribution in [0.2, 0.25) is 0 Å². The maximum absolute atomic E-state index is 6.16. The Morgan fingerprint density at radius 2 is 1.79 bits per heavy atom. The summed E-state index contributed by atoms with van der Waals surface area (Å²) in [5.74, 6) is 1.10. The molecule has 2 aliphatic rings. The van der Waals surface area contributed by atoms with Gasteiger partial charge in [0.1, 0.15) is 5.82 Å². The van der Waals surface area contributed by atoms with Crippen molar-refractivity contribution in [1.29, 1.82) is 0 Å². The number of piperidine rings is 1. The van der Waals surface area contributed by atoms with Gasteiger partial charge in [0.05, 0.1) is 6.04 Å². The molecule has 5 nitrogen and oxygen atoms in total. The van der Waals surface area contributed by atoms with E-state index in [2.05, 4.69) is 39.9 Å². The topological polar surface area (TPSA) is 75.9 Å². The van der Waals surface area contributed by atoms with Crippen molar-refractivity contribution in [3.05, 3.63) is 83.8 Å². The number of nitrogen functional groups attached to an aromatic ring is 1. The predicted molar refractivity (Wildman–Crippen MR) is 112 cm³/mol. The van der Waals surface area contributed by atoms with Crippen LogP contribution < -0.4 is 16.4 Å². The minimum absolute atomic E-state index is 0.0507. The molecule has 2 aromatic heterocycles. The second kappa shape index (κ2) is 6.91. The Bertz CT molecular complexity index is 965. The molecular weight excluding hydrogens is 346 g/mol. The second-order valence-electron chi connectivity index (χ2n) is 7.82. The highest BCUT2D eigenvalue weighted by Gasteiger charge is 2.53. The molecule has 1 spiro atoms. The summed E-state index contributed by atoms with van der Waals surface area (Å²) in [6.45, 7) is 2.03. The molecule has 0 bridgehead atoms. The first-order valence-electron chi connectivity index (χ1n) is 9.97. The zero-order chi connectivity index (χ0) is 19.0. The number of nitrogens with two attached hydrogens (primary N) is 1. The van der Waals surface area contributed by atoms with Gasteiger partial charge in [0.2, 0.25) is 0 Å². The number of nitrogens with zero attached hydrogens (tertiary/aromatic N) is 2. The van der Waals surface area contributed by atoms with Crippen LogP contribution in [0.25, 0.3) is 0 Å². The van der Waals surface area contributed by atoms with Gasteiger partial charge in [-0.25, -0.2) is 4.98 Å². The third-order valence-electron chi connectivity index (χ3n) is 6.35. The van der Waals surface area contributed by atoms with Crippen molar-refractivity contribution in [2.45, 2.75) is 30.2 Å². The fourth-order valence-electron chi connectivity index (χ4n) is 5.20. The van der Waals surface area contributed by atoms with Crippen molar-refractivity contribution in [1.82, 2.24) is 15.3 Å². The number of rotatable bonds is 3. The van der Waals surface area contributed by atoms with Crippen LogP contribution >= 0.6 is 0 Å². The van der Waals surface area contributed by atoms with Crippen LogP contribution in [-0.2, 0) is 5.41 Å². The molecule has 0 amide bonds. The van der Waals surface area contributed by atoms with Gasteiger partial charge in [0, 0.05) is 35.1 Å². The molecule has 1 aliphatic heterocycles. The minimum atomic E-state index is 0.0507. The molecule has 5 rings (SSSR count). The van der Waals surface area contributed by atoms with E-state index in [0.717, 1.165) is 43.1 Å². The predicted octanol–water partition coefficient (Wildman–Crippen LogP) is 3.63. The van der Waals surface area contributed by atoms with Crippen LogP contribution in [-0.4, -0.2) is 23.1 Å². The first-order valence-corrected chi connectivity index (χ1v) is 9.97. The Morgan fingerprint density at radius 1 is 0.964 bits per heavy atom. The molecule has 28 heavy (non-hydrogen) atoms. The van der Waals surface area contributed by atoms with Gasteiger partial charge in [-0.3, -0.25) is 4.98 Å². The van der Waals surface area contributed by atoms with Gasteiger partial charge in [-0.15, -0.1) is 0 Å². The molecule has 4 N–H and O–H groups in total. The van der Waals surface area contributed by atoms with Gasteiger partial charge in [-0.1, -0.05) is 30.3 Å². The van der Waals surface area contributed by atoms with Crippen molar-refractivity contribution in [2.75, 3.05) is 24.1 Å². The zero-order valence-electron chi connectivity index (χ0n) is 15.8.